The van der Waals surface area contributed by atoms with E-state index in [9.17, 15) is 0 Å². The van der Waals surface area contributed by atoms with E-state index in [0.29, 0.717) is 0 Å². The number of ether oxygens (including phenoxy) is 1. The van der Waals surface area contributed by atoms with Crippen LogP contribution in [0.3, 0.4) is 0 Å². The molecule has 0 aliphatic carbocycles. The van der Waals surface area contributed by atoms with Gasteiger partial charge in [-0.2, -0.15) is 5.10 Å². The zero-order chi connectivity index (χ0) is 17.8. The van der Waals surface area contributed by atoms with Crippen LogP contribution < -0.4 is 4.74 Å². The zero-order valence-corrected chi connectivity index (χ0v) is 15.3. The Kier molecular flexibility index (Phi) is 5.03. The number of hydrogen-bond donors (Lipinski definition) is 0. The Bertz CT molecular complexity index is 929. The van der Waals surface area contributed by atoms with Crippen LogP contribution in [0.1, 0.15) is 32.0 Å². The summed E-state index contributed by atoms with van der Waals surface area (Å²) in [4.78, 5) is 0. The summed E-state index contributed by atoms with van der Waals surface area (Å²) in [5, 5.41) is 6.05. The lowest BCUT2D eigenvalue weighted by molar-refractivity contribution is 0.415. The Morgan fingerprint density at radius 2 is 1.80 bits per heavy atom. The highest BCUT2D eigenvalue weighted by atomic mass is 16.5. The molecule has 3 heteroatoms. The van der Waals surface area contributed by atoms with Crippen molar-refractivity contribution in [2.24, 2.45) is 0 Å². The van der Waals surface area contributed by atoms with Crippen molar-refractivity contribution in [2.45, 2.75) is 27.3 Å². The molecule has 0 N–H and O–H groups in total. The summed E-state index contributed by atoms with van der Waals surface area (Å²) < 4.78 is 7.47. The highest BCUT2D eigenvalue weighted by Gasteiger charge is 2.13. The molecule has 3 rings (SSSR count). The van der Waals surface area contributed by atoms with Gasteiger partial charge in [-0.05, 0) is 44.0 Å². The first kappa shape index (κ1) is 17.0. The lowest BCUT2D eigenvalue weighted by Gasteiger charge is -2.05. The molecule has 0 fully saturated rings. The minimum atomic E-state index is 0.737. The summed E-state index contributed by atoms with van der Waals surface area (Å²) in [6.07, 6.45) is 4.26. The normalized spacial score (nSPS) is 11.6. The fourth-order valence-corrected chi connectivity index (χ4v) is 2.82. The van der Waals surface area contributed by atoms with Gasteiger partial charge in [0.25, 0.3) is 0 Å². The summed E-state index contributed by atoms with van der Waals surface area (Å²) in [5.41, 5.74) is 5.76. The summed E-state index contributed by atoms with van der Waals surface area (Å²) in [6, 6.07) is 16.5. The van der Waals surface area contributed by atoms with E-state index in [0.717, 1.165) is 34.5 Å². The van der Waals surface area contributed by atoms with Crippen molar-refractivity contribution in [3.8, 4) is 5.75 Å². The number of fused-ring (bicyclic) bond motifs is 1. The summed E-state index contributed by atoms with van der Waals surface area (Å²) in [6.45, 7) is 7.04. The van der Waals surface area contributed by atoms with Crippen LogP contribution in [-0.2, 0) is 6.54 Å². The molecule has 2 aromatic carbocycles. The topological polar surface area (TPSA) is 27.1 Å². The number of aromatic nitrogens is 2. The highest BCUT2D eigenvalue weighted by molar-refractivity contribution is 5.91. The van der Waals surface area contributed by atoms with Gasteiger partial charge in [0.05, 0.1) is 24.9 Å². The van der Waals surface area contributed by atoms with Gasteiger partial charge < -0.3 is 4.74 Å². The van der Waals surface area contributed by atoms with Crippen LogP contribution in [0.5, 0.6) is 5.75 Å². The van der Waals surface area contributed by atoms with Gasteiger partial charge in [0.1, 0.15) is 5.75 Å². The molecule has 1 aromatic heterocycles. The third-order valence-corrected chi connectivity index (χ3v) is 4.17. The van der Waals surface area contributed by atoms with Crippen molar-refractivity contribution in [3.05, 3.63) is 77.5 Å². The van der Waals surface area contributed by atoms with Crippen molar-refractivity contribution in [2.75, 3.05) is 7.11 Å². The lowest BCUT2D eigenvalue weighted by Crippen LogP contribution is -2.02. The Balaban J connectivity index is 2.12. The Labute approximate surface area is 149 Å². The predicted octanol–water partition coefficient (Wildman–Crippen LogP) is 5.46. The zero-order valence-electron chi connectivity index (χ0n) is 15.3. The van der Waals surface area contributed by atoms with Gasteiger partial charge in [-0.25, -0.2) is 0 Å². The first-order chi connectivity index (χ1) is 12.1. The molecule has 0 saturated carbocycles. The Morgan fingerprint density at radius 3 is 2.48 bits per heavy atom. The molecule has 0 unspecified atom stereocenters. The number of nitrogens with zero attached hydrogens (tertiary/aromatic N) is 2. The minimum Gasteiger partial charge on any atom is -0.497 e. The molecule has 3 nitrogen and oxygen atoms in total. The molecule has 25 heavy (non-hydrogen) atoms. The van der Waals surface area contributed by atoms with Gasteiger partial charge in [0, 0.05) is 11.5 Å². The summed E-state index contributed by atoms with van der Waals surface area (Å²) in [7, 11) is 1.69. The molecule has 0 radical (unpaired) electrons. The predicted molar refractivity (Wildman–Crippen MR) is 105 cm³/mol. The van der Waals surface area contributed by atoms with Gasteiger partial charge in [0.2, 0.25) is 0 Å². The van der Waals surface area contributed by atoms with Crippen LogP contribution in [0.4, 0.5) is 0 Å². The molecular weight excluding hydrogens is 308 g/mol. The smallest absolute Gasteiger partial charge is 0.121 e. The van der Waals surface area contributed by atoms with E-state index in [1.165, 1.54) is 11.1 Å². The molecule has 0 bridgehead atoms. The van der Waals surface area contributed by atoms with E-state index in [1.54, 1.807) is 7.11 Å². The second-order valence-corrected chi connectivity index (χ2v) is 6.47. The maximum Gasteiger partial charge on any atom is 0.121 e. The van der Waals surface area contributed by atoms with Crippen molar-refractivity contribution < 1.29 is 4.74 Å². The molecule has 0 atom stereocenters. The van der Waals surface area contributed by atoms with Gasteiger partial charge in [-0.1, -0.05) is 48.1 Å². The van der Waals surface area contributed by atoms with Gasteiger partial charge >= 0.3 is 0 Å². The van der Waals surface area contributed by atoms with Gasteiger partial charge in [-0.3, -0.25) is 4.68 Å². The number of benzene rings is 2. The molecule has 1 heterocycles. The molecule has 128 valence electrons. The number of hydrogen-bond acceptors (Lipinski definition) is 2. The fourth-order valence-electron chi connectivity index (χ4n) is 2.82. The maximum absolute atomic E-state index is 5.41. The molecule has 3 aromatic rings. The Morgan fingerprint density at radius 1 is 1.04 bits per heavy atom. The molecule has 0 saturated heterocycles. The second-order valence-electron chi connectivity index (χ2n) is 6.47. The van der Waals surface area contributed by atoms with Gasteiger partial charge in [0.15, 0.2) is 0 Å². The second kappa shape index (κ2) is 7.39. The van der Waals surface area contributed by atoms with Crippen LogP contribution >= 0.6 is 0 Å². The van der Waals surface area contributed by atoms with E-state index >= 15 is 0 Å². The van der Waals surface area contributed by atoms with E-state index in [1.807, 2.05) is 12.1 Å². The van der Waals surface area contributed by atoms with Crippen LogP contribution in [0.2, 0.25) is 0 Å². The van der Waals surface area contributed by atoms with E-state index in [2.05, 4.69) is 74.0 Å². The summed E-state index contributed by atoms with van der Waals surface area (Å²) in [5.74, 6) is 0.846. The monoisotopic (exact) mass is 332 g/mol. The van der Waals surface area contributed by atoms with Gasteiger partial charge in [-0.15, -0.1) is 0 Å². The van der Waals surface area contributed by atoms with Crippen molar-refractivity contribution in [1.82, 2.24) is 9.78 Å². The van der Waals surface area contributed by atoms with Crippen molar-refractivity contribution in [3.63, 3.8) is 0 Å². The van der Waals surface area contributed by atoms with E-state index < -0.39 is 0 Å². The van der Waals surface area contributed by atoms with Crippen molar-refractivity contribution in [1.29, 1.82) is 0 Å². The van der Waals surface area contributed by atoms with Crippen molar-refractivity contribution >= 4 is 16.5 Å². The third-order valence-electron chi connectivity index (χ3n) is 4.17. The number of methoxy groups -OCH3 is 1. The molecule has 0 aliphatic heterocycles. The van der Waals surface area contributed by atoms with Crippen LogP contribution in [-0.4, -0.2) is 16.9 Å². The highest BCUT2D eigenvalue weighted by Crippen LogP contribution is 2.28. The van der Waals surface area contributed by atoms with Crippen LogP contribution in [0.25, 0.3) is 16.5 Å². The minimum absolute atomic E-state index is 0.737. The lowest BCUT2D eigenvalue weighted by atomic mass is 10.1. The van der Waals surface area contributed by atoms with Crippen LogP contribution in [0, 0.1) is 0 Å². The van der Waals surface area contributed by atoms with Crippen LogP contribution in [0.15, 0.2) is 66.3 Å². The molecule has 0 aliphatic rings. The fraction of sp³-hybridized carbons (Fsp3) is 0.227. The first-order valence-electron chi connectivity index (χ1n) is 8.49. The van der Waals surface area contributed by atoms with E-state index in [4.69, 9.17) is 9.84 Å². The standard InChI is InChI=1S/C22H24N2O/c1-16(2)10-11-17(3)22-20-13-12-19(25-4)14-21(20)24(23-22)15-18-8-6-5-7-9-18/h5-14H,15H2,1-4H3/b17-11+. The Hall–Kier alpha value is -2.81. The van der Waals surface area contributed by atoms with E-state index in [-0.39, 0.29) is 0 Å². The maximum atomic E-state index is 5.41. The first-order valence-corrected chi connectivity index (χ1v) is 8.49. The average molecular weight is 332 g/mol. The molecule has 0 amide bonds. The average Bonchev–Trinajstić information content (AvgIpc) is 2.98. The summed E-state index contributed by atoms with van der Waals surface area (Å²) >= 11 is 0. The molecule has 0 spiro atoms. The largest absolute Gasteiger partial charge is 0.497 e. The number of rotatable bonds is 5. The SMILES string of the molecule is COc1ccc2c(/C(C)=C/C=C(C)C)nn(Cc3ccccc3)c2c1. The quantitative estimate of drug-likeness (QED) is 0.580. The third kappa shape index (κ3) is 3.82. The number of allylic oxidation sites excluding steroid dienone is 4. The molecular formula is C22H24N2O.